The predicted molar refractivity (Wildman–Crippen MR) is 95.2 cm³/mol. The number of aromatic hydroxyl groups is 1. The van der Waals surface area contributed by atoms with Gasteiger partial charge in [0.2, 0.25) is 5.91 Å². The molecule has 0 unspecified atom stereocenters. The number of phenols is 1. The summed E-state index contributed by atoms with van der Waals surface area (Å²) in [6, 6.07) is 17.0. The summed E-state index contributed by atoms with van der Waals surface area (Å²) in [6.45, 7) is 1.29. The fourth-order valence-electron chi connectivity index (χ4n) is 3.47. The van der Waals surface area contributed by atoms with E-state index in [1.807, 2.05) is 23.1 Å². The van der Waals surface area contributed by atoms with Crippen molar-refractivity contribution in [1.82, 2.24) is 4.90 Å². The molecule has 2 atom stereocenters. The number of morpholine rings is 1. The highest BCUT2D eigenvalue weighted by Crippen LogP contribution is 2.39. The van der Waals surface area contributed by atoms with Crippen LogP contribution in [0.1, 0.15) is 30.1 Å². The maximum Gasteiger partial charge on any atom is 0.227 e. The number of carbonyl (C=O) groups excluding carboxylic acids is 1. The lowest BCUT2D eigenvalue weighted by Gasteiger charge is -2.38. The first-order valence-corrected chi connectivity index (χ1v) is 8.95. The third-order valence-corrected chi connectivity index (χ3v) is 5.09. The number of amides is 1. The van der Waals surface area contributed by atoms with E-state index >= 15 is 0 Å². The fourth-order valence-corrected chi connectivity index (χ4v) is 3.47. The first-order chi connectivity index (χ1) is 12.2. The van der Waals surface area contributed by atoms with Gasteiger partial charge in [-0.3, -0.25) is 4.79 Å². The van der Waals surface area contributed by atoms with Crippen LogP contribution in [-0.4, -0.2) is 35.1 Å². The van der Waals surface area contributed by atoms with Crippen molar-refractivity contribution in [2.24, 2.45) is 5.92 Å². The first kappa shape index (κ1) is 16.2. The second-order valence-electron chi connectivity index (χ2n) is 7.05. The van der Waals surface area contributed by atoms with Crippen LogP contribution in [-0.2, 0) is 16.0 Å². The van der Waals surface area contributed by atoms with Crippen molar-refractivity contribution in [3.05, 3.63) is 65.7 Å². The molecule has 2 fully saturated rings. The zero-order chi connectivity index (χ0) is 17.2. The zero-order valence-electron chi connectivity index (χ0n) is 14.2. The van der Waals surface area contributed by atoms with Crippen LogP contribution in [0, 0.1) is 5.92 Å². The number of carbonyl (C=O) groups is 1. The Labute approximate surface area is 148 Å². The standard InChI is InChI=1S/C21H23NO3/c23-18-10-6-15(7-11-18)12-21(24)22-13-19(16-4-2-1-3-5-16)25-20(14-22)17-8-9-17/h1-7,10-11,17,19-20,23H,8-9,12-14H2/t19-,20+/m0/s1. The summed E-state index contributed by atoms with van der Waals surface area (Å²) >= 11 is 0. The van der Waals surface area contributed by atoms with Crippen molar-refractivity contribution in [3.8, 4) is 5.75 Å². The summed E-state index contributed by atoms with van der Waals surface area (Å²) in [5.74, 6) is 0.941. The van der Waals surface area contributed by atoms with Crippen LogP contribution in [0.25, 0.3) is 0 Å². The van der Waals surface area contributed by atoms with Crippen LogP contribution in [0.5, 0.6) is 5.75 Å². The summed E-state index contributed by atoms with van der Waals surface area (Å²) in [4.78, 5) is 14.8. The number of ether oxygens (including phenoxy) is 1. The number of benzene rings is 2. The molecule has 4 nitrogen and oxygen atoms in total. The molecule has 25 heavy (non-hydrogen) atoms. The van der Waals surface area contributed by atoms with Crippen LogP contribution >= 0.6 is 0 Å². The first-order valence-electron chi connectivity index (χ1n) is 8.95. The number of phenolic OH excluding ortho intramolecular Hbond substituents is 1. The molecule has 0 aromatic heterocycles. The molecule has 2 aliphatic rings. The molecule has 2 aromatic rings. The minimum atomic E-state index is -0.0516. The van der Waals surface area contributed by atoms with E-state index in [2.05, 4.69) is 12.1 Å². The molecule has 0 bridgehead atoms. The Kier molecular flexibility index (Phi) is 4.45. The second kappa shape index (κ2) is 6.89. The van der Waals surface area contributed by atoms with Gasteiger partial charge >= 0.3 is 0 Å². The van der Waals surface area contributed by atoms with E-state index < -0.39 is 0 Å². The molecule has 130 valence electrons. The fraction of sp³-hybridized carbons (Fsp3) is 0.381. The Morgan fingerprint density at radius 2 is 1.76 bits per heavy atom. The Morgan fingerprint density at radius 1 is 1.04 bits per heavy atom. The van der Waals surface area contributed by atoms with E-state index in [4.69, 9.17) is 4.74 Å². The maximum absolute atomic E-state index is 12.8. The molecule has 1 saturated heterocycles. The Balaban J connectivity index is 1.49. The molecule has 4 rings (SSSR count). The number of hydrogen-bond donors (Lipinski definition) is 1. The normalized spacial score (nSPS) is 23.4. The largest absolute Gasteiger partial charge is 0.508 e. The third-order valence-electron chi connectivity index (χ3n) is 5.09. The summed E-state index contributed by atoms with van der Waals surface area (Å²) in [7, 11) is 0. The van der Waals surface area contributed by atoms with E-state index in [-0.39, 0.29) is 23.9 Å². The van der Waals surface area contributed by atoms with Crippen molar-refractivity contribution in [2.45, 2.75) is 31.5 Å². The van der Waals surface area contributed by atoms with Crippen LogP contribution in [0.15, 0.2) is 54.6 Å². The highest BCUT2D eigenvalue weighted by Gasteiger charge is 2.39. The lowest BCUT2D eigenvalue weighted by molar-refractivity contribution is -0.147. The van der Waals surface area contributed by atoms with E-state index in [1.54, 1.807) is 24.3 Å². The van der Waals surface area contributed by atoms with E-state index in [1.165, 1.54) is 12.8 Å². The van der Waals surface area contributed by atoms with Crippen LogP contribution in [0.4, 0.5) is 0 Å². The molecular weight excluding hydrogens is 314 g/mol. The van der Waals surface area contributed by atoms with E-state index in [0.29, 0.717) is 25.4 Å². The topological polar surface area (TPSA) is 49.8 Å². The van der Waals surface area contributed by atoms with Gasteiger partial charge in [0.25, 0.3) is 0 Å². The van der Waals surface area contributed by atoms with E-state index in [0.717, 1.165) is 11.1 Å². The molecule has 1 saturated carbocycles. The molecule has 2 aromatic carbocycles. The lowest BCUT2D eigenvalue weighted by atomic mass is 10.0. The molecule has 0 spiro atoms. The molecule has 1 amide bonds. The molecule has 1 aliphatic heterocycles. The van der Waals surface area contributed by atoms with Gasteiger partial charge in [0.1, 0.15) is 11.9 Å². The Morgan fingerprint density at radius 3 is 2.44 bits per heavy atom. The minimum absolute atomic E-state index is 0.0516. The van der Waals surface area contributed by atoms with Crippen LogP contribution < -0.4 is 0 Å². The van der Waals surface area contributed by atoms with Gasteiger partial charge < -0.3 is 14.7 Å². The number of hydrogen-bond acceptors (Lipinski definition) is 3. The SMILES string of the molecule is O=C(Cc1ccc(O)cc1)N1C[C@@H](c2ccccc2)O[C@@H](C2CC2)C1. The summed E-state index contributed by atoms with van der Waals surface area (Å²) in [5.41, 5.74) is 2.06. The summed E-state index contributed by atoms with van der Waals surface area (Å²) in [5, 5.41) is 9.39. The zero-order valence-corrected chi connectivity index (χ0v) is 14.2. The minimum Gasteiger partial charge on any atom is -0.508 e. The van der Waals surface area contributed by atoms with Crippen molar-refractivity contribution >= 4 is 5.91 Å². The van der Waals surface area contributed by atoms with Gasteiger partial charge in [0.05, 0.1) is 19.1 Å². The van der Waals surface area contributed by atoms with Crippen molar-refractivity contribution in [3.63, 3.8) is 0 Å². The molecular formula is C21H23NO3. The van der Waals surface area contributed by atoms with Gasteiger partial charge in [-0.15, -0.1) is 0 Å². The molecule has 1 N–H and O–H groups in total. The Bertz CT molecular complexity index is 725. The van der Waals surface area contributed by atoms with Crippen molar-refractivity contribution in [2.75, 3.05) is 13.1 Å². The summed E-state index contributed by atoms with van der Waals surface area (Å²) < 4.78 is 6.32. The van der Waals surface area contributed by atoms with Crippen molar-refractivity contribution < 1.29 is 14.6 Å². The van der Waals surface area contributed by atoms with E-state index in [9.17, 15) is 9.90 Å². The summed E-state index contributed by atoms with van der Waals surface area (Å²) in [6.07, 6.45) is 2.85. The molecule has 0 radical (unpaired) electrons. The average Bonchev–Trinajstić information content (AvgIpc) is 3.49. The lowest BCUT2D eigenvalue weighted by Crippen LogP contribution is -2.48. The van der Waals surface area contributed by atoms with Gasteiger partial charge in [-0.2, -0.15) is 0 Å². The quantitative estimate of drug-likeness (QED) is 0.931. The van der Waals surface area contributed by atoms with Gasteiger partial charge in [0, 0.05) is 6.54 Å². The van der Waals surface area contributed by atoms with Gasteiger partial charge in [-0.1, -0.05) is 42.5 Å². The van der Waals surface area contributed by atoms with Gasteiger partial charge in [-0.25, -0.2) is 0 Å². The van der Waals surface area contributed by atoms with Gasteiger partial charge in [-0.05, 0) is 42.0 Å². The van der Waals surface area contributed by atoms with Crippen molar-refractivity contribution in [1.29, 1.82) is 0 Å². The smallest absolute Gasteiger partial charge is 0.227 e. The maximum atomic E-state index is 12.8. The highest BCUT2D eigenvalue weighted by molar-refractivity contribution is 5.79. The molecule has 1 heterocycles. The second-order valence-corrected chi connectivity index (χ2v) is 7.05. The Hall–Kier alpha value is -2.33. The number of rotatable bonds is 4. The highest BCUT2D eigenvalue weighted by atomic mass is 16.5. The molecule has 4 heteroatoms. The average molecular weight is 337 g/mol. The predicted octanol–water partition coefficient (Wildman–Crippen LogP) is 3.31. The monoisotopic (exact) mass is 337 g/mol. The molecule has 1 aliphatic carbocycles. The third kappa shape index (κ3) is 3.85. The van der Waals surface area contributed by atoms with Crippen LogP contribution in [0.3, 0.4) is 0 Å². The van der Waals surface area contributed by atoms with Gasteiger partial charge in [0.15, 0.2) is 0 Å². The number of nitrogens with zero attached hydrogens (tertiary/aromatic N) is 1. The van der Waals surface area contributed by atoms with Crippen LogP contribution in [0.2, 0.25) is 0 Å².